The first kappa shape index (κ1) is 34.0. The van der Waals surface area contributed by atoms with Crippen LogP contribution in [0, 0.1) is 17.2 Å². The number of carbonyl (C=O) groups excluding carboxylic acids is 3. The number of benzene rings is 1. The van der Waals surface area contributed by atoms with Gasteiger partial charge in [-0.2, -0.15) is 0 Å². The first-order chi connectivity index (χ1) is 19.7. The first-order valence-electron chi connectivity index (χ1n) is 15.2. The molecule has 0 unspecified atom stereocenters. The Morgan fingerprint density at radius 1 is 0.927 bits per heavy atom. The minimum atomic E-state index is -0.755. The van der Waals surface area contributed by atoms with Gasteiger partial charge in [0, 0.05) is 18.5 Å². The fourth-order valence-corrected chi connectivity index (χ4v) is 5.64. The van der Waals surface area contributed by atoms with Gasteiger partial charge in [0.15, 0.2) is 5.96 Å². The summed E-state index contributed by atoms with van der Waals surface area (Å²) in [5.41, 5.74) is 23.9. The third-order valence-corrected chi connectivity index (χ3v) is 7.92. The number of unbranched alkanes of at least 4 members (excludes halogenated alkanes) is 1. The normalized spacial score (nSPS) is 16.6. The van der Waals surface area contributed by atoms with Gasteiger partial charge in [-0.15, -0.1) is 0 Å². The van der Waals surface area contributed by atoms with Crippen LogP contribution < -0.4 is 38.9 Å². The molecule has 1 aromatic carbocycles. The van der Waals surface area contributed by atoms with E-state index in [1.165, 1.54) is 6.42 Å². The predicted molar refractivity (Wildman–Crippen MR) is 163 cm³/mol. The summed E-state index contributed by atoms with van der Waals surface area (Å²) in [5.74, 6) is -1.13. The molecule has 11 nitrogen and oxygen atoms in total. The van der Waals surface area contributed by atoms with Crippen LogP contribution in [0.1, 0.15) is 82.6 Å². The van der Waals surface area contributed by atoms with E-state index < -0.39 is 23.9 Å². The monoisotopic (exact) mass is 572 g/mol. The van der Waals surface area contributed by atoms with E-state index in [-0.39, 0.29) is 23.8 Å². The maximum Gasteiger partial charge on any atom is 0.239 e. The number of hydrogen-bond acceptors (Lipinski definition) is 6. The van der Waals surface area contributed by atoms with Gasteiger partial charge in [0.25, 0.3) is 0 Å². The number of carbonyl (C=O) groups is 3. The Balaban J connectivity index is 2.16. The van der Waals surface area contributed by atoms with E-state index in [2.05, 4.69) is 16.0 Å². The van der Waals surface area contributed by atoms with Crippen molar-refractivity contribution in [2.24, 2.45) is 34.8 Å². The van der Waals surface area contributed by atoms with Crippen LogP contribution in [0.3, 0.4) is 0 Å². The number of nitrogens with two attached hydrogens (primary N) is 4. The maximum atomic E-state index is 13.6. The number of rotatable bonds is 19. The molecule has 1 saturated carbocycles. The van der Waals surface area contributed by atoms with E-state index in [4.69, 9.17) is 28.3 Å². The van der Waals surface area contributed by atoms with Crippen LogP contribution in [-0.2, 0) is 20.8 Å². The quantitative estimate of drug-likeness (QED) is 0.0691. The fraction of sp³-hybridized carbons (Fsp3) is 0.667. The van der Waals surface area contributed by atoms with Crippen LogP contribution in [0.2, 0.25) is 0 Å². The Hall–Kier alpha value is -3.18. The molecule has 12 N–H and O–H groups in total. The molecule has 3 amide bonds. The van der Waals surface area contributed by atoms with Gasteiger partial charge in [-0.3, -0.25) is 19.8 Å². The average Bonchev–Trinajstić information content (AvgIpc) is 2.95. The molecular formula is C30H52N8O3. The summed E-state index contributed by atoms with van der Waals surface area (Å²) in [6, 6.07) is 7.80. The van der Waals surface area contributed by atoms with Crippen molar-refractivity contribution >= 4 is 23.7 Å². The van der Waals surface area contributed by atoms with Gasteiger partial charge in [-0.25, -0.2) is 0 Å². The molecule has 0 radical (unpaired) electrons. The third-order valence-electron chi connectivity index (χ3n) is 7.92. The van der Waals surface area contributed by atoms with Crippen molar-refractivity contribution in [3.63, 3.8) is 0 Å². The second kappa shape index (κ2) is 19.0. The van der Waals surface area contributed by atoms with Gasteiger partial charge in [-0.1, -0.05) is 62.4 Å². The summed E-state index contributed by atoms with van der Waals surface area (Å²) in [5, 5.41) is 16.2. The van der Waals surface area contributed by atoms with Gasteiger partial charge < -0.3 is 38.9 Å². The molecule has 0 bridgehead atoms. The highest BCUT2D eigenvalue weighted by Gasteiger charge is 2.30. The van der Waals surface area contributed by atoms with Crippen molar-refractivity contribution in [2.75, 3.05) is 13.1 Å². The average molecular weight is 573 g/mol. The molecule has 1 fully saturated rings. The van der Waals surface area contributed by atoms with E-state index in [0.717, 1.165) is 37.7 Å². The van der Waals surface area contributed by atoms with Crippen molar-refractivity contribution < 1.29 is 14.4 Å². The summed E-state index contributed by atoms with van der Waals surface area (Å²) in [6.45, 7) is 0.984. The lowest BCUT2D eigenvalue weighted by Gasteiger charge is -2.30. The molecular weight excluding hydrogens is 520 g/mol. The lowest BCUT2D eigenvalue weighted by atomic mass is 9.80. The lowest BCUT2D eigenvalue weighted by Crippen LogP contribution is -2.50. The van der Waals surface area contributed by atoms with E-state index in [1.54, 1.807) is 0 Å². The molecule has 0 aliphatic heterocycles. The first-order valence-corrected chi connectivity index (χ1v) is 15.2. The number of guanidine groups is 1. The van der Waals surface area contributed by atoms with Crippen LogP contribution in [0.25, 0.3) is 0 Å². The summed E-state index contributed by atoms with van der Waals surface area (Å²) in [7, 11) is 0. The molecule has 2 rings (SSSR count). The van der Waals surface area contributed by atoms with Crippen LogP contribution in [0.15, 0.2) is 30.3 Å². The molecule has 0 aromatic heterocycles. The van der Waals surface area contributed by atoms with Gasteiger partial charge >= 0.3 is 0 Å². The van der Waals surface area contributed by atoms with Gasteiger partial charge in [0.05, 0.1) is 6.04 Å². The van der Waals surface area contributed by atoms with E-state index in [0.29, 0.717) is 64.0 Å². The largest absolute Gasteiger partial charge is 0.370 e. The van der Waals surface area contributed by atoms with Crippen molar-refractivity contribution in [1.29, 1.82) is 5.41 Å². The fourth-order valence-electron chi connectivity index (χ4n) is 5.64. The Morgan fingerprint density at radius 3 is 2.27 bits per heavy atom. The Bertz CT molecular complexity index is 939. The van der Waals surface area contributed by atoms with Crippen LogP contribution >= 0.6 is 0 Å². The maximum absolute atomic E-state index is 13.6. The van der Waals surface area contributed by atoms with E-state index in [9.17, 15) is 14.4 Å². The molecule has 41 heavy (non-hydrogen) atoms. The zero-order valence-electron chi connectivity index (χ0n) is 24.4. The molecule has 0 heterocycles. The summed E-state index contributed by atoms with van der Waals surface area (Å²) < 4.78 is 0. The molecule has 1 aromatic rings. The van der Waals surface area contributed by atoms with Crippen LogP contribution in [-0.4, -0.2) is 54.9 Å². The molecule has 230 valence electrons. The topological polar surface area (TPSA) is 215 Å². The van der Waals surface area contributed by atoms with Crippen molar-refractivity contribution in [2.45, 2.75) is 102 Å². The molecule has 4 atom stereocenters. The van der Waals surface area contributed by atoms with Crippen LogP contribution in [0.5, 0.6) is 0 Å². The molecule has 11 heteroatoms. The molecule has 0 spiro atoms. The standard InChI is InChI=1S/C30H52N8O3/c31-16-8-7-15-26(27(33)39)38-28(40)23(18-21-10-3-1-4-11-21)20-24(14-9-17-36-30(34)35)37-29(41)25(32)19-22-12-5-2-6-13-22/h2,5-6,12-13,21,23-26H,1,3-4,7-11,14-20,31-32H2,(H2,33,39)(H,37,41)(H,38,40)(H4,34,35,36)/t23-,24+,25-,26-/m0/s1. The summed E-state index contributed by atoms with van der Waals surface area (Å²) >= 11 is 0. The Kier molecular flexibility index (Phi) is 15.8. The van der Waals surface area contributed by atoms with Crippen molar-refractivity contribution in [3.05, 3.63) is 35.9 Å². The van der Waals surface area contributed by atoms with E-state index in [1.807, 2.05) is 30.3 Å². The molecule has 0 saturated heterocycles. The molecule has 1 aliphatic rings. The predicted octanol–water partition coefficient (Wildman–Crippen LogP) is 1.38. The van der Waals surface area contributed by atoms with E-state index >= 15 is 0 Å². The number of hydrogen-bond donors (Lipinski definition) is 8. The third kappa shape index (κ3) is 13.8. The molecule has 1 aliphatic carbocycles. The number of amides is 3. The minimum Gasteiger partial charge on any atom is -0.370 e. The van der Waals surface area contributed by atoms with Crippen molar-refractivity contribution in [1.82, 2.24) is 16.0 Å². The highest BCUT2D eigenvalue weighted by Crippen LogP contribution is 2.31. The highest BCUT2D eigenvalue weighted by molar-refractivity contribution is 5.87. The smallest absolute Gasteiger partial charge is 0.239 e. The summed E-state index contributed by atoms with van der Waals surface area (Å²) in [6.07, 6.45) is 10.2. The number of primary amides is 1. The second-order valence-electron chi connectivity index (χ2n) is 11.4. The zero-order valence-corrected chi connectivity index (χ0v) is 24.4. The zero-order chi connectivity index (χ0) is 30.0. The van der Waals surface area contributed by atoms with Gasteiger partial charge in [0.1, 0.15) is 6.04 Å². The van der Waals surface area contributed by atoms with Crippen LogP contribution in [0.4, 0.5) is 0 Å². The number of nitrogens with one attached hydrogen (secondary N) is 4. The summed E-state index contributed by atoms with van der Waals surface area (Å²) in [4.78, 5) is 39.0. The Labute approximate surface area is 244 Å². The van der Waals surface area contributed by atoms with Gasteiger partial charge in [-0.05, 0) is 69.4 Å². The minimum absolute atomic E-state index is 0.114. The highest BCUT2D eigenvalue weighted by atomic mass is 16.2. The Morgan fingerprint density at radius 2 is 1.63 bits per heavy atom. The second-order valence-corrected chi connectivity index (χ2v) is 11.4. The van der Waals surface area contributed by atoms with Crippen molar-refractivity contribution in [3.8, 4) is 0 Å². The lowest BCUT2D eigenvalue weighted by molar-refractivity contribution is -0.131. The SMILES string of the molecule is N=C(N)NCCC[C@H](C[C@H](CC1CCCCC1)C(=O)N[C@@H](CCCCN)C(N)=O)NC(=O)[C@@H](N)Cc1ccccc1. The van der Waals surface area contributed by atoms with Gasteiger partial charge in [0.2, 0.25) is 17.7 Å².